The summed E-state index contributed by atoms with van der Waals surface area (Å²) in [6.07, 6.45) is 0. The molecule has 1 heterocycles. The summed E-state index contributed by atoms with van der Waals surface area (Å²) in [7, 11) is 1.60. The van der Waals surface area contributed by atoms with Crippen LogP contribution in [0.2, 0.25) is 0 Å². The smallest absolute Gasteiger partial charge is 0.277 e. The lowest BCUT2D eigenvalue weighted by Crippen LogP contribution is -1.87. The first-order valence-electron chi connectivity index (χ1n) is 6.89. The van der Waals surface area contributed by atoms with Crippen LogP contribution >= 0.6 is 11.8 Å². The normalized spacial score (nSPS) is 10.3. The highest BCUT2D eigenvalue weighted by molar-refractivity contribution is 7.98. The number of ether oxygens (including phenoxy) is 1. The van der Waals surface area contributed by atoms with Crippen molar-refractivity contribution in [3.8, 4) is 23.3 Å². The van der Waals surface area contributed by atoms with Gasteiger partial charge in [0.15, 0.2) is 0 Å². The molecule has 0 unspecified atom stereocenters. The van der Waals surface area contributed by atoms with Crippen LogP contribution in [0.4, 0.5) is 0 Å². The van der Waals surface area contributed by atoms with Crippen molar-refractivity contribution in [3.63, 3.8) is 0 Å². The number of thioether (sulfide) groups is 1. The van der Waals surface area contributed by atoms with Gasteiger partial charge >= 0.3 is 0 Å². The first kappa shape index (κ1) is 15.1. The quantitative estimate of drug-likeness (QED) is 0.663. The third kappa shape index (κ3) is 3.52. The molecule has 0 aliphatic heterocycles. The van der Waals surface area contributed by atoms with Crippen LogP contribution in [-0.4, -0.2) is 17.3 Å². The minimum atomic E-state index is 0.427. The highest BCUT2D eigenvalue weighted by Gasteiger charge is 2.13. The van der Waals surface area contributed by atoms with Gasteiger partial charge in [0.1, 0.15) is 5.75 Å². The van der Waals surface area contributed by atoms with E-state index in [0.29, 0.717) is 28.2 Å². The van der Waals surface area contributed by atoms with Crippen LogP contribution in [0.5, 0.6) is 5.75 Å². The summed E-state index contributed by atoms with van der Waals surface area (Å²) in [5.74, 6) is 1.77. The van der Waals surface area contributed by atoms with E-state index in [1.54, 1.807) is 13.2 Å². The first-order chi connectivity index (χ1) is 11.3. The summed E-state index contributed by atoms with van der Waals surface area (Å²) < 4.78 is 11.0. The van der Waals surface area contributed by atoms with Gasteiger partial charge in [0, 0.05) is 5.75 Å². The van der Waals surface area contributed by atoms with E-state index in [2.05, 4.69) is 16.3 Å². The van der Waals surface area contributed by atoms with Gasteiger partial charge in [-0.3, -0.25) is 0 Å². The largest absolute Gasteiger partial charge is 0.496 e. The van der Waals surface area contributed by atoms with Gasteiger partial charge in [0.05, 0.1) is 24.3 Å². The maximum Gasteiger partial charge on any atom is 0.277 e. The number of nitrogens with zero attached hydrogens (tertiary/aromatic N) is 3. The van der Waals surface area contributed by atoms with Crippen LogP contribution < -0.4 is 4.74 Å². The Morgan fingerprint density at radius 2 is 2.04 bits per heavy atom. The fraction of sp³-hybridized carbons (Fsp3) is 0.118. The average Bonchev–Trinajstić information content (AvgIpc) is 3.09. The van der Waals surface area contributed by atoms with E-state index >= 15 is 0 Å². The van der Waals surface area contributed by atoms with Crippen LogP contribution in [0.3, 0.4) is 0 Å². The Kier molecular flexibility index (Phi) is 4.60. The minimum absolute atomic E-state index is 0.427. The molecule has 5 nitrogen and oxygen atoms in total. The second-order valence-corrected chi connectivity index (χ2v) is 5.60. The van der Waals surface area contributed by atoms with Gasteiger partial charge in [-0.1, -0.05) is 36.0 Å². The van der Waals surface area contributed by atoms with Crippen molar-refractivity contribution in [2.75, 3.05) is 7.11 Å². The number of nitriles is 1. The molecule has 6 heteroatoms. The van der Waals surface area contributed by atoms with Gasteiger partial charge in [0.2, 0.25) is 0 Å². The predicted molar refractivity (Wildman–Crippen MR) is 87.0 cm³/mol. The molecule has 0 aliphatic carbocycles. The van der Waals surface area contributed by atoms with Crippen molar-refractivity contribution in [1.29, 1.82) is 5.26 Å². The molecular weight excluding hydrogens is 310 g/mol. The van der Waals surface area contributed by atoms with Gasteiger partial charge in [-0.15, -0.1) is 10.2 Å². The molecule has 0 aliphatic rings. The van der Waals surface area contributed by atoms with Crippen molar-refractivity contribution in [2.45, 2.75) is 11.0 Å². The molecule has 0 spiro atoms. The van der Waals surface area contributed by atoms with Gasteiger partial charge in [-0.05, 0) is 29.8 Å². The summed E-state index contributed by atoms with van der Waals surface area (Å²) in [4.78, 5) is 0. The monoisotopic (exact) mass is 323 g/mol. The number of rotatable bonds is 5. The van der Waals surface area contributed by atoms with Crippen LogP contribution in [0, 0.1) is 11.3 Å². The maximum absolute atomic E-state index is 8.92. The Labute approximate surface area is 137 Å². The van der Waals surface area contributed by atoms with E-state index < -0.39 is 0 Å². The summed E-state index contributed by atoms with van der Waals surface area (Å²) in [6, 6.07) is 17.1. The molecule has 114 valence electrons. The van der Waals surface area contributed by atoms with Gasteiger partial charge in [0.25, 0.3) is 11.1 Å². The summed E-state index contributed by atoms with van der Waals surface area (Å²) in [6.45, 7) is 0. The van der Waals surface area contributed by atoms with Crippen LogP contribution in [0.25, 0.3) is 11.5 Å². The number of hydrogen-bond donors (Lipinski definition) is 0. The zero-order valence-electron chi connectivity index (χ0n) is 12.4. The Bertz CT molecular complexity index is 855. The number of para-hydroxylation sites is 1. The fourth-order valence-electron chi connectivity index (χ4n) is 2.07. The van der Waals surface area contributed by atoms with E-state index in [4.69, 9.17) is 14.4 Å². The van der Waals surface area contributed by atoms with E-state index in [1.807, 2.05) is 42.5 Å². The van der Waals surface area contributed by atoms with E-state index in [-0.39, 0.29) is 0 Å². The maximum atomic E-state index is 8.92. The Morgan fingerprint density at radius 3 is 2.87 bits per heavy atom. The molecule has 0 saturated heterocycles. The van der Waals surface area contributed by atoms with Crippen LogP contribution in [-0.2, 0) is 5.75 Å². The molecule has 0 N–H and O–H groups in total. The van der Waals surface area contributed by atoms with E-state index in [9.17, 15) is 0 Å². The first-order valence-corrected chi connectivity index (χ1v) is 7.87. The SMILES string of the molecule is COc1ccccc1-c1nnc(SCc2cccc(C#N)c2)o1. The van der Waals surface area contributed by atoms with Gasteiger partial charge in [-0.2, -0.15) is 5.26 Å². The minimum Gasteiger partial charge on any atom is -0.496 e. The standard InChI is InChI=1S/C17H13N3O2S/c1-21-15-8-3-2-7-14(15)16-19-20-17(22-16)23-11-13-6-4-5-12(9-13)10-18/h2-9H,11H2,1H3. The molecule has 0 fully saturated rings. The zero-order chi connectivity index (χ0) is 16.1. The predicted octanol–water partition coefficient (Wildman–Crippen LogP) is 3.91. The van der Waals surface area contributed by atoms with Crippen molar-refractivity contribution < 1.29 is 9.15 Å². The topological polar surface area (TPSA) is 71.9 Å². The number of hydrogen-bond acceptors (Lipinski definition) is 6. The highest BCUT2D eigenvalue weighted by Crippen LogP contribution is 2.31. The average molecular weight is 323 g/mol. The highest BCUT2D eigenvalue weighted by atomic mass is 32.2. The van der Waals surface area contributed by atoms with E-state index in [0.717, 1.165) is 11.1 Å². The molecular formula is C17H13N3O2S. The van der Waals surface area contributed by atoms with Crippen LogP contribution in [0.1, 0.15) is 11.1 Å². The Hall–Kier alpha value is -2.78. The molecule has 3 rings (SSSR count). The molecule has 3 aromatic rings. The third-order valence-electron chi connectivity index (χ3n) is 3.16. The van der Waals surface area contributed by atoms with Gasteiger partial charge < -0.3 is 9.15 Å². The molecule has 0 atom stereocenters. The molecule has 0 bridgehead atoms. The van der Waals surface area contributed by atoms with E-state index in [1.165, 1.54) is 11.8 Å². The third-order valence-corrected chi connectivity index (χ3v) is 4.05. The van der Waals surface area contributed by atoms with Crippen LogP contribution in [0.15, 0.2) is 58.2 Å². The number of benzene rings is 2. The molecule has 0 radical (unpaired) electrons. The molecule has 23 heavy (non-hydrogen) atoms. The lowest BCUT2D eigenvalue weighted by atomic mass is 10.2. The Balaban J connectivity index is 1.73. The summed E-state index contributed by atoms with van der Waals surface area (Å²) >= 11 is 1.43. The number of aromatic nitrogens is 2. The summed E-state index contributed by atoms with van der Waals surface area (Å²) in [5.41, 5.74) is 2.44. The van der Waals surface area contributed by atoms with Crippen molar-refractivity contribution in [1.82, 2.24) is 10.2 Å². The Morgan fingerprint density at radius 1 is 1.17 bits per heavy atom. The van der Waals surface area contributed by atoms with Gasteiger partial charge in [-0.25, -0.2) is 0 Å². The van der Waals surface area contributed by atoms with Crippen molar-refractivity contribution in [2.24, 2.45) is 0 Å². The van der Waals surface area contributed by atoms with Crippen molar-refractivity contribution >= 4 is 11.8 Å². The zero-order valence-corrected chi connectivity index (χ0v) is 13.2. The molecule has 0 amide bonds. The molecule has 0 saturated carbocycles. The van der Waals surface area contributed by atoms with Crippen molar-refractivity contribution in [3.05, 3.63) is 59.7 Å². The lowest BCUT2D eigenvalue weighted by molar-refractivity contribution is 0.411. The number of methoxy groups -OCH3 is 1. The second-order valence-electron chi connectivity index (χ2n) is 4.67. The summed E-state index contributed by atoms with van der Waals surface area (Å²) in [5, 5.41) is 17.5. The lowest BCUT2D eigenvalue weighted by Gasteiger charge is -2.03. The molecule has 1 aromatic heterocycles. The molecule has 2 aromatic carbocycles. The fourth-order valence-corrected chi connectivity index (χ4v) is 2.78. The second kappa shape index (κ2) is 6.99.